The summed E-state index contributed by atoms with van der Waals surface area (Å²) in [5.41, 5.74) is 2.73. The topological polar surface area (TPSA) is 66.0 Å². The van der Waals surface area contributed by atoms with E-state index >= 15 is 0 Å². The van der Waals surface area contributed by atoms with Crippen LogP contribution in [0.15, 0.2) is 59.7 Å². The highest BCUT2D eigenvalue weighted by Crippen LogP contribution is 2.12. The van der Waals surface area contributed by atoms with Gasteiger partial charge in [-0.15, -0.1) is 0 Å². The Morgan fingerprint density at radius 3 is 2.56 bits per heavy atom. The standard InChI is InChI=1S/C20H15ClN2O2/c21-17-3-1-2-16(12-17)9-8-14-4-6-15(7-5-14)10-11-18-19(24)20(25)23-13-22-18/h1-7,12-13,24H,10-11H2,(H,22,23,25). The lowest BCUT2D eigenvalue weighted by atomic mass is 10.1. The molecule has 0 spiro atoms. The van der Waals surface area contributed by atoms with Gasteiger partial charge in [-0.3, -0.25) is 4.79 Å². The molecule has 0 aliphatic heterocycles. The third-order valence-electron chi connectivity index (χ3n) is 3.68. The molecule has 4 nitrogen and oxygen atoms in total. The molecule has 0 aliphatic carbocycles. The summed E-state index contributed by atoms with van der Waals surface area (Å²) in [6, 6.07) is 15.3. The van der Waals surface area contributed by atoms with Crippen molar-refractivity contribution in [3.05, 3.63) is 92.6 Å². The van der Waals surface area contributed by atoms with E-state index in [2.05, 4.69) is 21.8 Å². The normalized spacial score (nSPS) is 10.1. The van der Waals surface area contributed by atoms with Gasteiger partial charge in [0.05, 0.1) is 12.0 Å². The number of aryl methyl sites for hydroxylation is 2. The predicted octanol–water partition coefficient (Wildman–Crippen LogP) is 3.31. The molecule has 2 N–H and O–H groups in total. The van der Waals surface area contributed by atoms with Crippen LogP contribution in [0.2, 0.25) is 5.02 Å². The van der Waals surface area contributed by atoms with Crippen molar-refractivity contribution in [3.8, 4) is 17.6 Å². The van der Waals surface area contributed by atoms with E-state index in [1.807, 2.05) is 48.5 Å². The first-order chi connectivity index (χ1) is 12.1. The van der Waals surface area contributed by atoms with Crippen LogP contribution in [-0.4, -0.2) is 15.1 Å². The number of hydrogen-bond acceptors (Lipinski definition) is 3. The highest BCUT2D eigenvalue weighted by molar-refractivity contribution is 6.30. The molecule has 0 fully saturated rings. The van der Waals surface area contributed by atoms with Crippen LogP contribution in [0.4, 0.5) is 0 Å². The molecule has 1 heterocycles. The summed E-state index contributed by atoms with van der Waals surface area (Å²) in [6.45, 7) is 0. The number of nitrogens with one attached hydrogen (secondary N) is 1. The van der Waals surface area contributed by atoms with E-state index in [0.717, 1.165) is 16.7 Å². The molecule has 0 atom stereocenters. The zero-order valence-corrected chi connectivity index (χ0v) is 14.0. The minimum Gasteiger partial charge on any atom is -0.502 e. The number of aromatic hydroxyl groups is 1. The van der Waals surface area contributed by atoms with Gasteiger partial charge in [0.15, 0.2) is 0 Å². The molecule has 5 heteroatoms. The van der Waals surface area contributed by atoms with Gasteiger partial charge in [0.1, 0.15) is 0 Å². The van der Waals surface area contributed by atoms with Crippen LogP contribution in [0.25, 0.3) is 0 Å². The van der Waals surface area contributed by atoms with Gasteiger partial charge >= 0.3 is 0 Å². The lowest BCUT2D eigenvalue weighted by Crippen LogP contribution is -2.09. The Morgan fingerprint density at radius 2 is 1.80 bits per heavy atom. The summed E-state index contributed by atoms with van der Waals surface area (Å²) in [5.74, 6) is 5.86. The van der Waals surface area contributed by atoms with Crippen LogP contribution >= 0.6 is 11.6 Å². The SMILES string of the molecule is O=c1[nH]cnc(CCc2ccc(C#Cc3cccc(Cl)c3)cc2)c1O. The van der Waals surface area contributed by atoms with E-state index < -0.39 is 5.56 Å². The molecule has 25 heavy (non-hydrogen) atoms. The molecule has 2 aromatic carbocycles. The van der Waals surface area contributed by atoms with Crippen LogP contribution in [0.1, 0.15) is 22.4 Å². The number of halogens is 1. The summed E-state index contributed by atoms with van der Waals surface area (Å²) in [4.78, 5) is 17.7. The maximum Gasteiger partial charge on any atom is 0.293 e. The Morgan fingerprint density at radius 1 is 1.04 bits per heavy atom. The van der Waals surface area contributed by atoms with Crippen molar-refractivity contribution in [2.75, 3.05) is 0 Å². The Hall–Kier alpha value is -3.03. The molecule has 3 rings (SSSR count). The minimum absolute atomic E-state index is 0.313. The van der Waals surface area contributed by atoms with Crippen molar-refractivity contribution >= 4 is 11.6 Å². The Bertz CT molecular complexity index is 998. The zero-order valence-electron chi connectivity index (χ0n) is 13.3. The predicted molar refractivity (Wildman–Crippen MR) is 97.8 cm³/mol. The number of nitrogens with zero attached hydrogens (tertiary/aromatic N) is 1. The molecule has 0 saturated carbocycles. The Kier molecular flexibility index (Phi) is 5.17. The summed E-state index contributed by atoms with van der Waals surface area (Å²) >= 11 is 5.94. The average Bonchev–Trinajstić information content (AvgIpc) is 2.62. The second-order valence-electron chi connectivity index (χ2n) is 5.48. The summed E-state index contributed by atoms with van der Waals surface area (Å²) in [7, 11) is 0. The molecule has 0 saturated heterocycles. The van der Waals surface area contributed by atoms with Crippen LogP contribution in [0.3, 0.4) is 0 Å². The van der Waals surface area contributed by atoms with E-state index in [0.29, 0.717) is 23.6 Å². The first-order valence-electron chi connectivity index (χ1n) is 7.74. The van der Waals surface area contributed by atoms with Crippen LogP contribution in [0, 0.1) is 11.8 Å². The van der Waals surface area contributed by atoms with Gasteiger partial charge in [-0.1, -0.05) is 41.6 Å². The second kappa shape index (κ2) is 7.69. The number of hydrogen-bond donors (Lipinski definition) is 2. The van der Waals surface area contributed by atoms with Gasteiger partial charge in [0.2, 0.25) is 5.75 Å². The lowest BCUT2D eigenvalue weighted by molar-refractivity contribution is 0.454. The van der Waals surface area contributed by atoms with Gasteiger partial charge in [-0.2, -0.15) is 0 Å². The maximum absolute atomic E-state index is 11.3. The van der Waals surface area contributed by atoms with E-state index in [-0.39, 0.29) is 5.75 Å². The number of aromatic nitrogens is 2. The number of aromatic amines is 1. The maximum atomic E-state index is 11.3. The Labute approximate surface area is 150 Å². The zero-order chi connectivity index (χ0) is 17.6. The van der Waals surface area contributed by atoms with Gasteiger partial charge in [0.25, 0.3) is 5.56 Å². The van der Waals surface area contributed by atoms with Crippen molar-refractivity contribution in [2.45, 2.75) is 12.8 Å². The highest BCUT2D eigenvalue weighted by atomic mass is 35.5. The largest absolute Gasteiger partial charge is 0.502 e. The molecular weight excluding hydrogens is 336 g/mol. The smallest absolute Gasteiger partial charge is 0.293 e. The van der Waals surface area contributed by atoms with E-state index in [1.54, 1.807) is 0 Å². The second-order valence-corrected chi connectivity index (χ2v) is 5.92. The molecule has 0 bridgehead atoms. The molecule has 0 radical (unpaired) electrons. The van der Waals surface area contributed by atoms with E-state index in [4.69, 9.17) is 11.6 Å². The van der Waals surface area contributed by atoms with Crippen molar-refractivity contribution in [3.63, 3.8) is 0 Å². The summed E-state index contributed by atoms with van der Waals surface area (Å²) in [5, 5.41) is 10.3. The van der Waals surface area contributed by atoms with Gasteiger partial charge in [0, 0.05) is 16.1 Å². The number of rotatable bonds is 3. The van der Waals surface area contributed by atoms with Crippen molar-refractivity contribution in [1.29, 1.82) is 0 Å². The number of H-pyrrole nitrogens is 1. The van der Waals surface area contributed by atoms with Crippen LogP contribution < -0.4 is 5.56 Å². The molecule has 3 aromatic rings. The fourth-order valence-corrected chi connectivity index (χ4v) is 2.53. The van der Waals surface area contributed by atoms with Gasteiger partial charge in [-0.05, 0) is 48.7 Å². The third kappa shape index (κ3) is 4.50. The minimum atomic E-state index is -0.517. The first kappa shape index (κ1) is 16.8. The van der Waals surface area contributed by atoms with Crippen LogP contribution in [-0.2, 0) is 12.8 Å². The molecule has 0 amide bonds. The van der Waals surface area contributed by atoms with Crippen LogP contribution in [0.5, 0.6) is 5.75 Å². The Balaban J connectivity index is 1.67. The van der Waals surface area contributed by atoms with Crippen molar-refractivity contribution in [2.24, 2.45) is 0 Å². The quantitative estimate of drug-likeness (QED) is 0.712. The molecule has 124 valence electrons. The summed E-state index contributed by atoms with van der Waals surface area (Å²) in [6.07, 6.45) is 2.46. The average molecular weight is 351 g/mol. The first-order valence-corrected chi connectivity index (χ1v) is 8.11. The molecule has 0 unspecified atom stereocenters. The lowest BCUT2D eigenvalue weighted by Gasteiger charge is -2.03. The molecule has 0 aliphatic rings. The fraction of sp³-hybridized carbons (Fsp3) is 0.100. The van der Waals surface area contributed by atoms with Gasteiger partial charge < -0.3 is 10.1 Å². The highest BCUT2D eigenvalue weighted by Gasteiger charge is 2.06. The third-order valence-corrected chi connectivity index (χ3v) is 3.92. The summed E-state index contributed by atoms with van der Waals surface area (Å²) < 4.78 is 0. The monoisotopic (exact) mass is 350 g/mol. The van der Waals surface area contributed by atoms with Crippen molar-refractivity contribution < 1.29 is 5.11 Å². The number of benzene rings is 2. The van der Waals surface area contributed by atoms with Crippen molar-refractivity contribution in [1.82, 2.24) is 9.97 Å². The fourth-order valence-electron chi connectivity index (χ4n) is 2.34. The van der Waals surface area contributed by atoms with E-state index in [1.165, 1.54) is 6.33 Å². The molecule has 1 aromatic heterocycles. The molecular formula is C20H15ClN2O2. The van der Waals surface area contributed by atoms with Gasteiger partial charge in [-0.25, -0.2) is 4.98 Å². The van der Waals surface area contributed by atoms with E-state index in [9.17, 15) is 9.90 Å².